The molecule has 16 heteroatoms. The third-order valence-electron chi connectivity index (χ3n) is 10.4. The van der Waals surface area contributed by atoms with Crippen molar-refractivity contribution in [3.63, 3.8) is 0 Å². The molecule has 1 saturated heterocycles. The molecule has 55 heavy (non-hydrogen) atoms. The molecule has 2 aliphatic carbocycles. The lowest BCUT2D eigenvalue weighted by atomic mass is 9.82. The second kappa shape index (κ2) is 18.3. The molecule has 2 unspecified atom stereocenters. The average Bonchev–Trinajstić information content (AvgIpc) is 3.83. The maximum Gasteiger partial charge on any atom is 0.410 e. The Morgan fingerprint density at radius 3 is 2.15 bits per heavy atom. The highest BCUT2D eigenvalue weighted by atomic mass is 16.6. The number of amides is 6. The largest absolute Gasteiger partial charge is 0.444 e. The Morgan fingerprint density at radius 2 is 1.58 bits per heavy atom. The van der Waals surface area contributed by atoms with Crippen molar-refractivity contribution in [3.05, 3.63) is 24.3 Å². The van der Waals surface area contributed by atoms with Crippen molar-refractivity contribution in [1.82, 2.24) is 41.0 Å². The van der Waals surface area contributed by atoms with E-state index in [1.807, 2.05) is 6.92 Å². The lowest BCUT2D eigenvalue weighted by Crippen LogP contribution is -2.61. The second-order valence-electron chi connectivity index (χ2n) is 17.2. The zero-order valence-corrected chi connectivity index (χ0v) is 33.6. The predicted molar refractivity (Wildman–Crippen MR) is 202 cm³/mol. The van der Waals surface area contributed by atoms with Gasteiger partial charge < -0.3 is 35.8 Å². The topological polar surface area (TPSA) is 209 Å². The van der Waals surface area contributed by atoms with Crippen molar-refractivity contribution in [1.29, 1.82) is 0 Å². The van der Waals surface area contributed by atoms with Crippen LogP contribution in [0.15, 0.2) is 18.6 Å². The van der Waals surface area contributed by atoms with E-state index in [9.17, 15) is 33.6 Å². The number of ether oxygens (including phenoxy) is 1. The number of Topliss-reactive ketones (excluding diaryl/α,β-unsaturated/α-hetero) is 1. The zero-order chi connectivity index (χ0) is 40.7. The summed E-state index contributed by atoms with van der Waals surface area (Å²) in [4.78, 5) is 106. The highest BCUT2D eigenvalue weighted by Crippen LogP contribution is 2.30. The van der Waals surface area contributed by atoms with E-state index in [0.29, 0.717) is 6.42 Å². The molecule has 16 nitrogen and oxygen atoms in total. The number of likely N-dealkylation sites (N-methyl/N-ethyl adjacent to an activating group) is 1. The molecule has 6 amide bonds. The van der Waals surface area contributed by atoms with Gasteiger partial charge in [0.05, 0.1) is 24.2 Å². The summed E-state index contributed by atoms with van der Waals surface area (Å²) in [6.45, 7) is 12.2. The van der Waals surface area contributed by atoms with Gasteiger partial charge >= 0.3 is 6.09 Å². The van der Waals surface area contributed by atoms with Crippen LogP contribution in [0.25, 0.3) is 0 Å². The summed E-state index contributed by atoms with van der Waals surface area (Å²) in [5.74, 6) is -4.86. The Kier molecular flexibility index (Phi) is 14.4. The number of hydrogen-bond donors (Lipinski definition) is 4. The van der Waals surface area contributed by atoms with Gasteiger partial charge in [0, 0.05) is 38.6 Å². The van der Waals surface area contributed by atoms with Gasteiger partial charge in [-0.15, -0.1) is 0 Å². The summed E-state index contributed by atoms with van der Waals surface area (Å²) < 4.78 is 5.62. The molecule has 2 saturated carbocycles. The van der Waals surface area contributed by atoms with Crippen LogP contribution >= 0.6 is 0 Å². The molecule has 1 aromatic heterocycles. The number of hydrogen-bond acceptors (Lipinski definition) is 10. The monoisotopic (exact) mass is 768 g/mol. The van der Waals surface area contributed by atoms with Crippen LogP contribution in [0, 0.1) is 17.3 Å². The Morgan fingerprint density at radius 1 is 0.909 bits per heavy atom. The highest BCUT2D eigenvalue weighted by Gasteiger charge is 2.48. The minimum Gasteiger partial charge on any atom is -0.444 e. The van der Waals surface area contributed by atoms with E-state index in [0.717, 1.165) is 44.9 Å². The summed E-state index contributed by atoms with van der Waals surface area (Å²) in [7, 11) is 1.52. The van der Waals surface area contributed by atoms with Gasteiger partial charge in [-0.25, -0.2) is 9.78 Å². The molecule has 0 aromatic carbocycles. The molecule has 1 aliphatic heterocycles. The van der Waals surface area contributed by atoms with Crippen molar-refractivity contribution < 1.29 is 38.3 Å². The maximum absolute atomic E-state index is 14.6. The lowest BCUT2D eigenvalue weighted by molar-refractivity contribution is -0.143. The number of likely N-dealkylation sites (tertiary alicyclic amines) is 1. The summed E-state index contributed by atoms with van der Waals surface area (Å²) in [6, 6.07) is -4.08. The Labute approximate surface area is 324 Å². The van der Waals surface area contributed by atoms with Crippen LogP contribution in [0.5, 0.6) is 0 Å². The van der Waals surface area contributed by atoms with Crippen LogP contribution in [-0.4, -0.2) is 117 Å². The first kappa shape index (κ1) is 43.1. The number of ketones is 1. The fourth-order valence-electron chi connectivity index (χ4n) is 7.14. The van der Waals surface area contributed by atoms with Crippen LogP contribution in [0.1, 0.15) is 117 Å². The molecule has 304 valence electrons. The fourth-order valence-corrected chi connectivity index (χ4v) is 7.14. The fraction of sp³-hybridized carbons (Fsp3) is 0.718. The lowest BCUT2D eigenvalue weighted by Gasteiger charge is -2.38. The van der Waals surface area contributed by atoms with Crippen LogP contribution in [0.3, 0.4) is 0 Å². The maximum atomic E-state index is 14.6. The van der Waals surface area contributed by atoms with Crippen LogP contribution in [0.2, 0.25) is 0 Å². The van der Waals surface area contributed by atoms with E-state index in [2.05, 4.69) is 31.2 Å². The smallest absolute Gasteiger partial charge is 0.410 e. The minimum absolute atomic E-state index is 0.0423. The third kappa shape index (κ3) is 11.9. The van der Waals surface area contributed by atoms with E-state index in [-0.39, 0.29) is 37.2 Å². The van der Waals surface area contributed by atoms with Gasteiger partial charge in [-0.05, 0) is 64.2 Å². The van der Waals surface area contributed by atoms with E-state index < -0.39 is 82.5 Å². The van der Waals surface area contributed by atoms with E-state index in [4.69, 9.17) is 4.74 Å². The molecule has 2 heterocycles. The summed E-state index contributed by atoms with van der Waals surface area (Å²) in [5.41, 5.74) is -1.60. The first-order valence-corrected chi connectivity index (χ1v) is 19.6. The van der Waals surface area contributed by atoms with E-state index >= 15 is 0 Å². The standard InChI is InChI=1S/C39H60N8O8/c1-9-13-26(30(48)35(52)42-24-16-17-24)43-32(49)25-21-47(37(54)55-39(5,6)7)22-28(25)46(8)36(53)31(38(2,3)4)45-34(51)29(23-14-11-10-12-15-23)44-33(50)27-20-40-18-19-41-27/h18-20,23-26,28-29,31H,9-17,21-22H2,1-8H3,(H,42,52)(H,43,49)(H,44,50)(H,45,51)/t25?,26-,28?,29-,31+/m0/s1. The molecule has 4 N–H and O–H groups in total. The van der Waals surface area contributed by atoms with Gasteiger partial charge in [0.15, 0.2) is 0 Å². The van der Waals surface area contributed by atoms with Crippen LogP contribution < -0.4 is 21.3 Å². The van der Waals surface area contributed by atoms with Crippen LogP contribution in [-0.2, 0) is 28.7 Å². The number of rotatable bonds is 14. The quantitative estimate of drug-likeness (QED) is 0.203. The number of nitrogens with zero attached hydrogens (tertiary/aromatic N) is 4. The van der Waals surface area contributed by atoms with Gasteiger partial charge in [-0.3, -0.25) is 33.8 Å². The summed E-state index contributed by atoms with van der Waals surface area (Å²) >= 11 is 0. The molecular weight excluding hydrogens is 708 g/mol. The normalized spacial score (nSPS) is 20.7. The zero-order valence-electron chi connectivity index (χ0n) is 33.6. The van der Waals surface area contributed by atoms with E-state index in [1.165, 1.54) is 35.4 Å². The SMILES string of the molecule is CCC[C@H](NC(=O)C1CN(C(=O)OC(C)(C)C)CC1N(C)C(=O)[C@@H](NC(=O)[C@@H](NC(=O)c1cnccn1)C1CCCCC1)C(C)(C)C)C(=O)C(=O)NC1CC1. The molecule has 5 atom stereocenters. The van der Waals surface area contributed by atoms with Gasteiger partial charge in [0.1, 0.15) is 23.4 Å². The van der Waals surface area contributed by atoms with Crippen LogP contribution in [0.4, 0.5) is 4.79 Å². The molecule has 0 radical (unpaired) electrons. The number of aromatic nitrogens is 2. The summed E-state index contributed by atoms with van der Waals surface area (Å²) in [5, 5.41) is 11.2. The Balaban J connectivity index is 1.59. The predicted octanol–water partition coefficient (Wildman–Crippen LogP) is 2.51. The van der Waals surface area contributed by atoms with E-state index in [1.54, 1.807) is 41.5 Å². The van der Waals surface area contributed by atoms with Crippen molar-refractivity contribution in [2.75, 3.05) is 20.1 Å². The molecule has 3 fully saturated rings. The van der Waals surface area contributed by atoms with Crippen molar-refractivity contribution in [2.24, 2.45) is 17.3 Å². The molecule has 1 aromatic rings. The molecule has 4 rings (SSSR count). The summed E-state index contributed by atoms with van der Waals surface area (Å²) in [6.07, 6.45) is 10.1. The van der Waals surface area contributed by atoms with Crippen molar-refractivity contribution in [3.8, 4) is 0 Å². The Hall–Kier alpha value is -4.63. The number of nitrogens with one attached hydrogen (secondary N) is 4. The number of carbonyl (C=O) groups excluding carboxylic acids is 7. The number of carbonyl (C=O) groups is 7. The third-order valence-corrected chi connectivity index (χ3v) is 10.4. The first-order chi connectivity index (χ1) is 25.8. The molecule has 0 spiro atoms. The molecule has 3 aliphatic rings. The average molecular weight is 769 g/mol. The Bertz CT molecular complexity index is 1570. The van der Waals surface area contributed by atoms with Crippen molar-refractivity contribution >= 4 is 41.4 Å². The molecular formula is C39H60N8O8. The molecule has 0 bridgehead atoms. The first-order valence-electron chi connectivity index (χ1n) is 19.6. The van der Waals surface area contributed by atoms with Gasteiger partial charge in [-0.2, -0.15) is 0 Å². The highest BCUT2D eigenvalue weighted by molar-refractivity contribution is 6.38. The minimum atomic E-state index is -1.11. The van der Waals surface area contributed by atoms with Crippen molar-refractivity contribution in [2.45, 2.75) is 142 Å². The van der Waals surface area contributed by atoms with Gasteiger partial charge in [0.2, 0.25) is 23.5 Å². The van der Waals surface area contributed by atoms with Gasteiger partial charge in [0.25, 0.3) is 11.8 Å². The van der Waals surface area contributed by atoms with Gasteiger partial charge in [-0.1, -0.05) is 53.4 Å². The second-order valence-corrected chi connectivity index (χ2v) is 17.2.